The maximum atomic E-state index is 9.50. The van der Waals surface area contributed by atoms with Crippen LogP contribution >= 0.6 is 0 Å². The van der Waals surface area contributed by atoms with E-state index in [2.05, 4.69) is 90.0 Å². The van der Waals surface area contributed by atoms with Gasteiger partial charge < -0.3 is 0 Å². The molecule has 0 bridgehead atoms. The van der Waals surface area contributed by atoms with Crippen molar-refractivity contribution in [1.82, 2.24) is 0 Å². The average molecular weight is 385 g/mol. The summed E-state index contributed by atoms with van der Waals surface area (Å²) in [6, 6.07) is 0. The number of hydrogen-bond donors (Lipinski definition) is 0. The topological polar surface area (TPSA) is 0 Å². The summed E-state index contributed by atoms with van der Waals surface area (Å²) >= 11 is 0. The van der Waals surface area contributed by atoms with E-state index in [1.54, 1.807) is 0 Å². The molecule has 0 saturated heterocycles. The van der Waals surface area contributed by atoms with Crippen LogP contribution in [0.4, 0.5) is 4.39 Å². The molecule has 0 aliphatic rings. The maximum absolute atomic E-state index is 9.50. The Hall–Kier alpha value is -0.0700. The van der Waals surface area contributed by atoms with Gasteiger partial charge in [0.15, 0.2) is 0 Å². The van der Waals surface area contributed by atoms with Gasteiger partial charge in [0.25, 0.3) is 0 Å². The summed E-state index contributed by atoms with van der Waals surface area (Å²) in [5, 5.41) is 0. The predicted octanol–water partition coefficient (Wildman–Crippen LogP) is 11.2. The average Bonchev–Trinajstić information content (AvgIpc) is 2.59. The first-order chi connectivity index (χ1) is 11.6. The highest BCUT2D eigenvalue weighted by Gasteiger charge is 1.80. The number of halogens is 1. The molecule has 0 saturated carbocycles. The fraction of sp³-hybridized carbons (Fsp3) is 1.00. The summed E-state index contributed by atoms with van der Waals surface area (Å²) in [6.45, 7) is 32.4. The Morgan fingerprint density at radius 2 is 0.615 bits per heavy atom. The Labute approximate surface area is 173 Å². The van der Waals surface area contributed by atoms with E-state index in [0.29, 0.717) is 7.18 Å². The van der Waals surface area contributed by atoms with Gasteiger partial charge in [-0.05, 0) is 17.8 Å². The smallest absolute Gasteiger partial charge is 0.0785 e. The summed E-state index contributed by atoms with van der Waals surface area (Å²) in [7, 11) is 0.500. The van der Waals surface area contributed by atoms with Gasteiger partial charge in [-0.25, -0.2) is 0 Å². The van der Waals surface area contributed by atoms with Crippen molar-refractivity contribution in [3.63, 3.8) is 0 Å². The van der Waals surface area contributed by atoms with Gasteiger partial charge >= 0.3 is 0 Å². The second-order valence-corrected chi connectivity index (χ2v) is 7.04. The van der Waals surface area contributed by atoms with E-state index in [1.165, 1.54) is 32.1 Å². The van der Waals surface area contributed by atoms with Crippen molar-refractivity contribution in [1.29, 1.82) is 0 Å². The van der Waals surface area contributed by atoms with Crippen molar-refractivity contribution in [2.45, 2.75) is 143 Å². The van der Waals surface area contributed by atoms with Gasteiger partial charge in [0, 0.05) is 0 Å². The van der Waals surface area contributed by atoms with Crippen LogP contribution < -0.4 is 0 Å². The second-order valence-electron chi connectivity index (χ2n) is 7.04. The van der Waals surface area contributed by atoms with E-state index < -0.39 is 0 Å². The minimum Gasteiger partial charge on any atom is -0.255 e. The van der Waals surface area contributed by atoms with Gasteiger partial charge in [0.2, 0.25) is 0 Å². The molecule has 1 heteroatoms. The molecule has 0 spiro atoms. The van der Waals surface area contributed by atoms with Gasteiger partial charge in [-0.2, -0.15) is 0 Å². The fourth-order valence-electron chi connectivity index (χ4n) is 0. The summed E-state index contributed by atoms with van der Waals surface area (Å²) < 4.78 is 9.50. The van der Waals surface area contributed by atoms with E-state index in [9.17, 15) is 4.39 Å². The van der Waals surface area contributed by atoms with Gasteiger partial charge in [-0.1, -0.05) is 143 Å². The van der Waals surface area contributed by atoms with Crippen LogP contribution in [-0.2, 0) is 0 Å². The van der Waals surface area contributed by atoms with E-state index in [1.807, 2.05) is 13.8 Å². The zero-order chi connectivity index (χ0) is 22.3. The summed E-state index contributed by atoms with van der Waals surface area (Å²) in [5.74, 6) is 2.60. The third-order valence-corrected chi connectivity index (χ3v) is 2.13. The van der Waals surface area contributed by atoms with Crippen LogP contribution in [0.1, 0.15) is 143 Å². The lowest BCUT2D eigenvalue weighted by Gasteiger charge is -1.90. The summed E-state index contributed by atoms with van der Waals surface area (Å²) in [6.07, 6.45) is 6.50. The monoisotopic (exact) mass is 385 g/mol. The molecule has 0 aliphatic carbocycles. The molecule has 0 amide bonds. The van der Waals surface area contributed by atoms with Crippen LogP contribution in [0.25, 0.3) is 0 Å². The normalized spacial score (nSPS) is 7.38. The molecule has 0 rings (SSSR count). The molecule has 0 aromatic heterocycles. The highest BCUT2D eigenvalue weighted by Crippen LogP contribution is 1.94. The van der Waals surface area contributed by atoms with Crippen LogP contribution in [0.15, 0.2) is 0 Å². The molecule has 0 aromatic carbocycles. The van der Waals surface area contributed by atoms with E-state index in [-0.39, 0.29) is 7.43 Å². The molecular weight excluding hydrogens is 319 g/mol. The number of rotatable bonds is 3. The van der Waals surface area contributed by atoms with Crippen molar-refractivity contribution in [2.75, 3.05) is 7.18 Å². The molecule has 0 atom stereocenters. The van der Waals surface area contributed by atoms with Crippen LogP contribution in [0.2, 0.25) is 0 Å². The largest absolute Gasteiger partial charge is 0.255 e. The highest BCUT2D eigenvalue weighted by atomic mass is 19.1. The van der Waals surface area contributed by atoms with Crippen LogP contribution in [-0.4, -0.2) is 7.18 Å². The Morgan fingerprint density at radius 3 is 0.615 bits per heavy atom. The van der Waals surface area contributed by atoms with E-state index in [4.69, 9.17) is 0 Å². The van der Waals surface area contributed by atoms with Crippen molar-refractivity contribution in [3.8, 4) is 0 Å². The lowest BCUT2D eigenvalue weighted by molar-refractivity contribution is 0.626. The zero-order valence-corrected chi connectivity index (χ0v) is 21.6. The number of unbranched alkanes of at least 4 members (excludes halogenated alkanes) is 1. The molecular formula is C25H65F. The fourth-order valence-corrected chi connectivity index (χ4v) is 0. The first-order valence-electron chi connectivity index (χ1n) is 11.0. The third kappa shape index (κ3) is 518. The van der Waals surface area contributed by atoms with Crippen LogP contribution in [0, 0.1) is 17.8 Å². The molecule has 0 N–H and O–H groups in total. The van der Waals surface area contributed by atoms with Crippen molar-refractivity contribution >= 4 is 0 Å². The van der Waals surface area contributed by atoms with Crippen molar-refractivity contribution in [2.24, 2.45) is 17.8 Å². The lowest BCUT2D eigenvalue weighted by atomic mass is 10.2. The zero-order valence-electron chi connectivity index (χ0n) is 21.6. The Bertz CT molecular complexity index is 94.0. The SMILES string of the molecule is C.CC.CC(C)C.CCC.CCC(C)C.CCC(C)C.CCCC.CF. The first kappa shape index (κ1) is 50.1. The van der Waals surface area contributed by atoms with Gasteiger partial charge in [0.05, 0.1) is 7.18 Å². The molecule has 0 fully saturated rings. The molecule has 0 heterocycles. The molecule has 0 nitrogen and oxygen atoms in total. The minimum absolute atomic E-state index is 0. The summed E-state index contributed by atoms with van der Waals surface area (Å²) in [5.41, 5.74) is 0. The van der Waals surface area contributed by atoms with Crippen molar-refractivity contribution in [3.05, 3.63) is 0 Å². The molecule has 26 heavy (non-hydrogen) atoms. The van der Waals surface area contributed by atoms with Gasteiger partial charge in [-0.3, -0.25) is 4.39 Å². The van der Waals surface area contributed by atoms with E-state index in [0.717, 1.165) is 17.8 Å². The van der Waals surface area contributed by atoms with Gasteiger partial charge in [-0.15, -0.1) is 0 Å². The van der Waals surface area contributed by atoms with E-state index >= 15 is 0 Å². The Morgan fingerprint density at radius 1 is 0.538 bits per heavy atom. The minimum atomic E-state index is 0. The maximum Gasteiger partial charge on any atom is 0.0785 e. The lowest BCUT2D eigenvalue weighted by Crippen LogP contribution is -1.77. The van der Waals surface area contributed by atoms with Crippen LogP contribution in [0.5, 0.6) is 0 Å². The third-order valence-electron chi connectivity index (χ3n) is 2.13. The highest BCUT2D eigenvalue weighted by molar-refractivity contribution is 4.33. The Kier molecular flexibility index (Phi) is 142. The second kappa shape index (κ2) is 73.6. The quantitative estimate of drug-likeness (QED) is 0.453. The summed E-state index contributed by atoms with van der Waals surface area (Å²) in [4.78, 5) is 0. The number of hydrogen-bond acceptors (Lipinski definition) is 0. The Balaban J connectivity index is -0.0000000247. The van der Waals surface area contributed by atoms with Crippen molar-refractivity contribution < 1.29 is 4.39 Å². The molecule has 0 radical (unpaired) electrons. The number of alkyl halides is 1. The molecule has 0 aliphatic heterocycles. The molecule has 0 aromatic rings. The molecule has 172 valence electrons. The van der Waals surface area contributed by atoms with Crippen LogP contribution in [0.3, 0.4) is 0 Å². The predicted molar refractivity (Wildman–Crippen MR) is 132 cm³/mol. The first-order valence-corrected chi connectivity index (χ1v) is 11.0. The standard InChI is InChI=1S/2C5H12.2C4H10.C3H8.C2H6.CH3F.CH4/c2*1-4-5(2)3;1-4(2)3;1-3-4-2;1-3-2;2*1-2;/h2*5H,4H2,1-3H3;4H,1-3H3;3-4H2,1-2H3;3H2,1-2H3;1-2H3;1H3;1H4. The van der Waals surface area contributed by atoms with Gasteiger partial charge in [0.1, 0.15) is 0 Å². The molecule has 0 unspecified atom stereocenters.